The molecule has 10 heteroatoms. The molecule has 0 unspecified atom stereocenters. The Morgan fingerprint density at radius 3 is 2.63 bits per heavy atom. The van der Waals surface area contributed by atoms with Crippen LogP contribution in [0, 0.1) is 5.92 Å². The Morgan fingerprint density at radius 2 is 1.94 bits per heavy atom. The van der Waals surface area contributed by atoms with Crippen molar-refractivity contribution in [2.45, 2.75) is 57.1 Å². The van der Waals surface area contributed by atoms with Crippen molar-refractivity contribution in [1.82, 2.24) is 14.8 Å². The molecule has 1 aliphatic rings. The van der Waals surface area contributed by atoms with E-state index in [1.807, 2.05) is 17.5 Å². The van der Waals surface area contributed by atoms with E-state index in [4.69, 9.17) is 16.3 Å². The first-order valence-electron chi connectivity index (χ1n) is 11.8. The van der Waals surface area contributed by atoms with E-state index in [-0.39, 0.29) is 11.7 Å². The minimum absolute atomic E-state index is 0.163. The number of nitrogens with one attached hydrogen (secondary N) is 1. The Balaban J connectivity index is 1.43. The zero-order valence-corrected chi connectivity index (χ0v) is 22.3. The highest BCUT2D eigenvalue weighted by Crippen LogP contribution is 2.37. The van der Waals surface area contributed by atoms with Crippen molar-refractivity contribution in [2.75, 3.05) is 18.2 Å². The fourth-order valence-electron chi connectivity index (χ4n) is 4.43. The van der Waals surface area contributed by atoms with Crippen LogP contribution in [0.4, 0.5) is 5.00 Å². The van der Waals surface area contributed by atoms with Crippen LogP contribution >= 0.6 is 34.7 Å². The topological polar surface area (TPSA) is 86.1 Å². The van der Waals surface area contributed by atoms with E-state index in [0.29, 0.717) is 27.1 Å². The molecule has 1 aromatic carbocycles. The van der Waals surface area contributed by atoms with E-state index in [2.05, 4.69) is 27.0 Å². The number of thiophene rings is 1. The Morgan fingerprint density at radius 1 is 1.20 bits per heavy atom. The van der Waals surface area contributed by atoms with Gasteiger partial charge in [0.2, 0.25) is 5.91 Å². The van der Waals surface area contributed by atoms with Crippen LogP contribution in [0.3, 0.4) is 0 Å². The molecule has 4 rings (SSSR count). The van der Waals surface area contributed by atoms with Crippen LogP contribution in [-0.2, 0) is 22.5 Å². The average Bonchev–Trinajstić information content (AvgIpc) is 3.47. The SMILES string of the molecule is CCn1c(CC2CCCCC2)nnc1SCC(=O)Nc1scc(-c2ccc(Cl)cc2)c1C(=O)OC. The van der Waals surface area contributed by atoms with Crippen molar-refractivity contribution in [3.05, 3.63) is 46.1 Å². The molecule has 2 heterocycles. The van der Waals surface area contributed by atoms with Crippen LogP contribution in [0.25, 0.3) is 11.1 Å². The van der Waals surface area contributed by atoms with Gasteiger partial charge in [-0.2, -0.15) is 0 Å². The van der Waals surface area contributed by atoms with Gasteiger partial charge in [-0.05, 0) is 30.5 Å². The Hall–Kier alpha value is -2.36. The highest BCUT2D eigenvalue weighted by Gasteiger charge is 2.23. The molecule has 1 fully saturated rings. The minimum atomic E-state index is -0.503. The van der Waals surface area contributed by atoms with E-state index >= 15 is 0 Å². The maximum Gasteiger partial charge on any atom is 0.341 e. The van der Waals surface area contributed by atoms with Crippen LogP contribution in [0.5, 0.6) is 0 Å². The molecule has 3 aromatic rings. The first-order valence-corrected chi connectivity index (χ1v) is 14.0. The van der Waals surface area contributed by atoms with E-state index < -0.39 is 5.97 Å². The second kappa shape index (κ2) is 12.1. The lowest BCUT2D eigenvalue weighted by Gasteiger charge is -2.21. The van der Waals surface area contributed by atoms with Crippen molar-refractivity contribution >= 4 is 51.6 Å². The summed E-state index contributed by atoms with van der Waals surface area (Å²) in [4.78, 5) is 25.4. The lowest BCUT2D eigenvalue weighted by atomic mass is 9.87. The maximum absolute atomic E-state index is 12.8. The molecule has 1 aliphatic carbocycles. The quantitative estimate of drug-likeness (QED) is 0.256. The number of amides is 1. The molecule has 0 atom stereocenters. The van der Waals surface area contributed by atoms with Crippen LogP contribution in [0.15, 0.2) is 34.8 Å². The molecule has 2 aromatic heterocycles. The summed E-state index contributed by atoms with van der Waals surface area (Å²) in [7, 11) is 1.33. The summed E-state index contributed by atoms with van der Waals surface area (Å²) in [5.74, 6) is 1.11. The lowest BCUT2D eigenvalue weighted by molar-refractivity contribution is -0.113. The second-order valence-corrected chi connectivity index (χ2v) is 10.8. The summed E-state index contributed by atoms with van der Waals surface area (Å²) in [5.41, 5.74) is 1.85. The molecule has 1 N–H and O–H groups in total. The zero-order chi connectivity index (χ0) is 24.8. The second-order valence-electron chi connectivity index (χ2n) is 8.54. The lowest BCUT2D eigenvalue weighted by Crippen LogP contribution is -2.17. The monoisotopic (exact) mass is 532 g/mol. The first-order chi connectivity index (χ1) is 17.0. The standard InChI is InChI=1S/C25H29ClN4O3S2/c1-3-30-20(13-16-7-5-4-6-8-16)28-29-25(30)35-15-21(31)27-23-22(24(32)33-2)19(14-34-23)17-9-11-18(26)12-10-17/h9-12,14,16H,3-8,13,15H2,1-2H3,(H,27,31). The highest BCUT2D eigenvalue weighted by molar-refractivity contribution is 7.99. The summed E-state index contributed by atoms with van der Waals surface area (Å²) in [6.07, 6.45) is 7.37. The number of hydrogen-bond acceptors (Lipinski definition) is 7. The summed E-state index contributed by atoms with van der Waals surface area (Å²) in [5, 5.41) is 15.3. The molecule has 186 valence electrons. The average molecular weight is 533 g/mol. The van der Waals surface area contributed by atoms with Gasteiger partial charge in [-0.1, -0.05) is 67.6 Å². The highest BCUT2D eigenvalue weighted by atomic mass is 35.5. The van der Waals surface area contributed by atoms with Gasteiger partial charge in [-0.3, -0.25) is 4.79 Å². The summed E-state index contributed by atoms with van der Waals surface area (Å²) >= 11 is 8.65. The summed E-state index contributed by atoms with van der Waals surface area (Å²) < 4.78 is 7.10. The molecule has 35 heavy (non-hydrogen) atoms. The van der Waals surface area contributed by atoms with Gasteiger partial charge < -0.3 is 14.6 Å². The van der Waals surface area contributed by atoms with Crippen molar-refractivity contribution < 1.29 is 14.3 Å². The van der Waals surface area contributed by atoms with Crippen molar-refractivity contribution in [3.8, 4) is 11.1 Å². The van der Waals surface area contributed by atoms with Gasteiger partial charge in [0.05, 0.1) is 12.9 Å². The Bertz CT molecular complexity index is 1170. The third-order valence-corrected chi connectivity index (χ3v) is 8.34. The maximum atomic E-state index is 12.8. The smallest absolute Gasteiger partial charge is 0.341 e. The normalized spacial score (nSPS) is 14.1. The molecule has 0 saturated heterocycles. The number of benzene rings is 1. The molecule has 0 spiro atoms. The molecule has 1 saturated carbocycles. The Kier molecular flexibility index (Phi) is 8.86. The van der Waals surface area contributed by atoms with Gasteiger partial charge >= 0.3 is 5.97 Å². The van der Waals surface area contributed by atoms with Gasteiger partial charge in [0, 0.05) is 28.9 Å². The number of methoxy groups -OCH3 is 1. The van der Waals surface area contributed by atoms with E-state index in [1.54, 1.807) is 12.1 Å². The number of anilines is 1. The molecular formula is C25H29ClN4O3S2. The largest absolute Gasteiger partial charge is 0.465 e. The van der Waals surface area contributed by atoms with Crippen LogP contribution < -0.4 is 5.32 Å². The molecule has 0 bridgehead atoms. The third-order valence-electron chi connectivity index (χ3n) is 6.23. The molecule has 7 nitrogen and oxygen atoms in total. The molecule has 0 aliphatic heterocycles. The fourth-order valence-corrected chi connectivity index (χ4v) is 6.35. The third kappa shape index (κ3) is 6.26. The molecular weight excluding hydrogens is 504 g/mol. The number of hydrogen-bond donors (Lipinski definition) is 1. The van der Waals surface area contributed by atoms with Gasteiger partial charge in [0.15, 0.2) is 5.16 Å². The van der Waals surface area contributed by atoms with E-state index in [1.165, 1.54) is 62.3 Å². The van der Waals surface area contributed by atoms with Crippen molar-refractivity contribution in [1.29, 1.82) is 0 Å². The molecule has 1 amide bonds. The Labute approximate surface area is 218 Å². The van der Waals surface area contributed by atoms with Crippen LogP contribution in [0.1, 0.15) is 55.2 Å². The van der Waals surface area contributed by atoms with Crippen molar-refractivity contribution in [3.63, 3.8) is 0 Å². The van der Waals surface area contributed by atoms with E-state index in [9.17, 15) is 9.59 Å². The summed E-state index contributed by atoms with van der Waals surface area (Å²) in [6, 6.07) is 7.19. The number of carbonyl (C=O) groups excluding carboxylic acids is 2. The predicted molar refractivity (Wildman–Crippen MR) is 141 cm³/mol. The van der Waals surface area contributed by atoms with Gasteiger partial charge in [0.25, 0.3) is 0 Å². The number of carbonyl (C=O) groups is 2. The zero-order valence-electron chi connectivity index (χ0n) is 19.9. The number of esters is 1. The predicted octanol–water partition coefficient (Wildman–Crippen LogP) is 6.32. The van der Waals surface area contributed by atoms with Crippen molar-refractivity contribution in [2.24, 2.45) is 5.92 Å². The number of halogens is 1. The van der Waals surface area contributed by atoms with Gasteiger partial charge in [0.1, 0.15) is 16.4 Å². The number of nitrogens with zero attached hydrogens (tertiary/aromatic N) is 3. The van der Waals surface area contributed by atoms with Crippen LogP contribution in [-0.4, -0.2) is 39.5 Å². The van der Waals surface area contributed by atoms with Gasteiger partial charge in [-0.25, -0.2) is 4.79 Å². The minimum Gasteiger partial charge on any atom is -0.465 e. The van der Waals surface area contributed by atoms with E-state index in [0.717, 1.165) is 29.5 Å². The summed E-state index contributed by atoms with van der Waals surface area (Å²) in [6.45, 7) is 2.84. The number of rotatable bonds is 9. The number of ether oxygens (including phenoxy) is 1. The fraction of sp³-hybridized carbons (Fsp3) is 0.440. The molecule has 0 radical (unpaired) electrons. The van der Waals surface area contributed by atoms with Gasteiger partial charge in [-0.15, -0.1) is 21.5 Å². The van der Waals surface area contributed by atoms with Crippen LogP contribution in [0.2, 0.25) is 5.02 Å². The number of aromatic nitrogens is 3. The first kappa shape index (κ1) is 25.7. The number of thioether (sulfide) groups is 1.